The summed E-state index contributed by atoms with van der Waals surface area (Å²) in [4.78, 5) is 3.78. The monoisotopic (exact) mass is 289 g/mol. The second-order valence-corrected chi connectivity index (χ2v) is 6.03. The summed E-state index contributed by atoms with van der Waals surface area (Å²) in [5, 5.41) is 2.14. The molecule has 4 heteroatoms. The molecule has 3 rings (SSSR count). The highest BCUT2D eigenvalue weighted by molar-refractivity contribution is 7.10. The molecular weight excluding hydrogens is 270 g/mol. The molecule has 1 aliphatic rings. The van der Waals surface area contributed by atoms with Gasteiger partial charge < -0.3 is 9.47 Å². The molecular formula is C16H19NO2S. The summed E-state index contributed by atoms with van der Waals surface area (Å²) in [6.45, 7) is 1.06. The number of fused-ring (bicyclic) bond motifs is 1. The Morgan fingerprint density at radius 1 is 1.20 bits per heavy atom. The van der Waals surface area contributed by atoms with Crippen LogP contribution in [0.15, 0.2) is 29.6 Å². The minimum absolute atomic E-state index is 0.318. The topological polar surface area (TPSA) is 21.7 Å². The number of thiophene rings is 1. The van der Waals surface area contributed by atoms with Crippen molar-refractivity contribution in [1.82, 2.24) is 4.90 Å². The van der Waals surface area contributed by atoms with Crippen LogP contribution < -0.4 is 9.47 Å². The summed E-state index contributed by atoms with van der Waals surface area (Å²) < 4.78 is 10.9. The Hall–Kier alpha value is -1.52. The Kier molecular flexibility index (Phi) is 3.68. The molecule has 0 N–H and O–H groups in total. The molecule has 2 heterocycles. The van der Waals surface area contributed by atoms with E-state index in [1.54, 1.807) is 25.6 Å². The van der Waals surface area contributed by atoms with E-state index in [1.807, 2.05) is 0 Å². The first-order valence-corrected chi connectivity index (χ1v) is 7.61. The fraction of sp³-hybridized carbons (Fsp3) is 0.375. The van der Waals surface area contributed by atoms with Crippen LogP contribution in [0.5, 0.6) is 11.5 Å². The number of nitrogens with zero attached hydrogens (tertiary/aromatic N) is 1. The smallest absolute Gasteiger partial charge is 0.161 e. The standard InChI is InChI=1S/C16H19NO2S/c1-17-7-6-11-9-13(18-2)14(19-3)10-12(11)16(17)15-5-4-8-20-15/h4-5,8-10,16H,6-7H2,1-3H3. The summed E-state index contributed by atoms with van der Waals surface area (Å²) in [6, 6.07) is 8.90. The van der Waals surface area contributed by atoms with Crippen LogP contribution in [0.2, 0.25) is 0 Å². The number of hydrogen-bond acceptors (Lipinski definition) is 4. The Balaban J connectivity index is 2.12. The third-order valence-corrected chi connectivity index (χ3v) is 4.85. The molecule has 0 fully saturated rings. The zero-order valence-corrected chi connectivity index (χ0v) is 12.9. The van der Waals surface area contributed by atoms with Gasteiger partial charge in [0.05, 0.1) is 20.3 Å². The lowest BCUT2D eigenvalue weighted by molar-refractivity contribution is 0.265. The molecule has 2 aromatic rings. The highest BCUT2D eigenvalue weighted by Crippen LogP contribution is 2.41. The Labute approximate surface area is 123 Å². The fourth-order valence-corrected chi connectivity index (χ4v) is 3.80. The van der Waals surface area contributed by atoms with E-state index in [0.717, 1.165) is 24.5 Å². The van der Waals surface area contributed by atoms with Gasteiger partial charge in [-0.25, -0.2) is 0 Å². The van der Waals surface area contributed by atoms with Crippen LogP contribution >= 0.6 is 11.3 Å². The normalized spacial score (nSPS) is 18.6. The van der Waals surface area contributed by atoms with E-state index in [4.69, 9.17) is 9.47 Å². The van der Waals surface area contributed by atoms with Crippen molar-refractivity contribution in [1.29, 1.82) is 0 Å². The van der Waals surface area contributed by atoms with Gasteiger partial charge in [-0.1, -0.05) is 6.07 Å². The molecule has 0 aliphatic carbocycles. The van der Waals surface area contributed by atoms with E-state index in [-0.39, 0.29) is 0 Å². The Morgan fingerprint density at radius 2 is 1.95 bits per heavy atom. The molecule has 1 aromatic heterocycles. The number of ether oxygens (including phenoxy) is 2. The number of benzene rings is 1. The molecule has 1 aliphatic heterocycles. The van der Waals surface area contributed by atoms with Crippen LogP contribution in [0.4, 0.5) is 0 Å². The van der Waals surface area contributed by atoms with Gasteiger partial charge in [-0.2, -0.15) is 0 Å². The summed E-state index contributed by atoms with van der Waals surface area (Å²) in [5.74, 6) is 1.63. The Bertz CT molecular complexity index is 595. The third kappa shape index (κ3) is 2.19. The summed E-state index contributed by atoms with van der Waals surface area (Å²) >= 11 is 1.81. The Morgan fingerprint density at radius 3 is 2.60 bits per heavy atom. The maximum Gasteiger partial charge on any atom is 0.161 e. The lowest BCUT2D eigenvalue weighted by atomic mass is 9.91. The maximum absolute atomic E-state index is 5.46. The predicted molar refractivity (Wildman–Crippen MR) is 82.0 cm³/mol. The average molecular weight is 289 g/mol. The van der Waals surface area contributed by atoms with Gasteiger partial charge >= 0.3 is 0 Å². The largest absolute Gasteiger partial charge is 0.493 e. The van der Waals surface area contributed by atoms with Crippen molar-refractivity contribution >= 4 is 11.3 Å². The molecule has 106 valence electrons. The SMILES string of the molecule is COc1cc2c(cc1OC)C(c1cccs1)N(C)CC2. The quantitative estimate of drug-likeness (QED) is 0.865. The van der Waals surface area contributed by atoms with E-state index in [0.29, 0.717) is 6.04 Å². The average Bonchev–Trinajstić information content (AvgIpc) is 2.99. The van der Waals surface area contributed by atoms with Crippen LogP contribution in [0.25, 0.3) is 0 Å². The fourth-order valence-electron chi connectivity index (χ4n) is 2.89. The van der Waals surface area contributed by atoms with E-state index in [2.05, 4.69) is 41.6 Å². The highest BCUT2D eigenvalue weighted by Gasteiger charge is 2.28. The van der Waals surface area contributed by atoms with Gasteiger partial charge in [-0.15, -0.1) is 11.3 Å². The molecule has 0 bridgehead atoms. The van der Waals surface area contributed by atoms with Crippen molar-refractivity contribution in [3.05, 3.63) is 45.6 Å². The van der Waals surface area contributed by atoms with Crippen LogP contribution in [-0.2, 0) is 6.42 Å². The summed E-state index contributed by atoms with van der Waals surface area (Å²) in [7, 11) is 5.57. The number of hydrogen-bond donors (Lipinski definition) is 0. The van der Waals surface area contributed by atoms with Crippen molar-refractivity contribution in [3.8, 4) is 11.5 Å². The van der Waals surface area contributed by atoms with Gasteiger partial charge in [0, 0.05) is 11.4 Å². The summed E-state index contributed by atoms with van der Waals surface area (Å²) in [6.07, 6.45) is 1.05. The highest BCUT2D eigenvalue weighted by atomic mass is 32.1. The van der Waals surface area contributed by atoms with Gasteiger partial charge in [0.25, 0.3) is 0 Å². The summed E-state index contributed by atoms with van der Waals surface area (Å²) in [5.41, 5.74) is 2.69. The second-order valence-electron chi connectivity index (χ2n) is 5.05. The number of likely N-dealkylation sites (N-methyl/N-ethyl adjacent to an activating group) is 1. The molecule has 20 heavy (non-hydrogen) atoms. The molecule has 1 aromatic carbocycles. The minimum atomic E-state index is 0.318. The van der Waals surface area contributed by atoms with Crippen molar-refractivity contribution < 1.29 is 9.47 Å². The number of rotatable bonds is 3. The molecule has 0 spiro atoms. The van der Waals surface area contributed by atoms with Crippen molar-refractivity contribution in [2.24, 2.45) is 0 Å². The molecule has 0 radical (unpaired) electrons. The van der Waals surface area contributed by atoms with Crippen LogP contribution in [0.3, 0.4) is 0 Å². The molecule has 0 saturated heterocycles. The van der Waals surface area contributed by atoms with E-state index in [1.165, 1.54) is 16.0 Å². The zero-order valence-electron chi connectivity index (χ0n) is 12.1. The lowest BCUT2D eigenvalue weighted by Gasteiger charge is -2.34. The maximum atomic E-state index is 5.46. The van der Waals surface area contributed by atoms with Gasteiger partial charge in [0.2, 0.25) is 0 Å². The lowest BCUT2D eigenvalue weighted by Crippen LogP contribution is -2.32. The predicted octanol–water partition coefficient (Wildman–Crippen LogP) is 3.34. The molecule has 1 unspecified atom stereocenters. The van der Waals surface area contributed by atoms with Crippen LogP contribution in [0, 0.1) is 0 Å². The second kappa shape index (κ2) is 5.46. The van der Waals surface area contributed by atoms with Gasteiger partial charge in [-0.05, 0) is 48.2 Å². The molecule has 3 nitrogen and oxygen atoms in total. The van der Waals surface area contributed by atoms with Gasteiger partial charge in [0.15, 0.2) is 11.5 Å². The van der Waals surface area contributed by atoms with E-state index < -0.39 is 0 Å². The first kappa shape index (κ1) is 13.5. The van der Waals surface area contributed by atoms with Crippen molar-refractivity contribution in [2.75, 3.05) is 27.8 Å². The minimum Gasteiger partial charge on any atom is -0.493 e. The molecule has 0 amide bonds. The van der Waals surface area contributed by atoms with Gasteiger partial charge in [0.1, 0.15) is 0 Å². The zero-order chi connectivity index (χ0) is 14.1. The first-order valence-electron chi connectivity index (χ1n) is 6.73. The van der Waals surface area contributed by atoms with Crippen LogP contribution in [-0.4, -0.2) is 32.7 Å². The van der Waals surface area contributed by atoms with E-state index in [9.17, 15) is 0 Å². The number of methoxy groups -OCH3 is 2. The van der Waals surface area contributed by atoms with Crippen LogP contribution in [0.1, 0.15) is 22.0 Å². The van der Waals surface area contributed by atoms with E-state index >= 15 is 0 Å². The van der Waals surface area contributed by atoms with Gasteiger partial charge in [-0.3, -0.25) is 4.90 Å². The molecule has 1 atom stereocenters. The first-order chi connectivity index (χ1) is 9.74. The van der Waals surface area contributed by atoms with Crippen molar-refractivity contribution in [3.63, 3.8) is 0 Å². The van der Waals surface area contributed by atoms with Crippen molar-refractivity contribution in [2.45, 2.75) is 12.5 Å². The molecule has 0 saturated carbocycles. The third-order valence-electron chi connectivity index (χ3n) is 3.93.